The maximum Gasteiger partial charge on any atom is 0.273 e. The van der Waals surface area contributed by atoms with Gasteiger partial charge >= 0.3 is 0 Å². The third-order valence-electron chi connectivity index (χ3n) is 4.52. The van der Waals surface area contributed by atoms with Crippen LogP contribution in [0.5, 0.6) is 0 Å². The van der Waals surface area contributed by atoms with Crippen molar-refractivity contribution in [3.05, 3.63) is 71.8 Å². The van der Waals surface area contributed by atoms with Crippen molar-refractivity contribution in [2.75, 3.05) is 13.1 Å². The SMILES string of the molecule is O=C(NN=C1CC[NH+](Cc2ccccc2)CC1)[C@H](O)c1ccccc1. The van der Waals surface area contributed by atoms with Gasteiger partial charge in [-0.2, -0.15) is 5.10 Å². The number of piperidine rings is 1. The lowest BCUT2D eigenvalue weighted by molar-refractivity contribution is -0.914. The summed E-state index contributed by atoms with van der Waals surface area (Å²) in [6.07, 6.45) is 0.544. The molecule has 1 aliphatic rings. The van der Waals surface area contributed by atoms with Crippen LogP contribution in [0.2, 0.25) is 0 Å². The molecule has 1 atom stereocenters. The van der Waals surface area contributed by atoms with E-state index in [9.17, 15) is 9.90 Å². The number of benzene rings is 2. The Morgan fingerprint density at radius 2 is 1.64 bits per heavy atom. The summed E-state index contributed by atoms with van der Waals surface area (Å²) < 4.78 is 0. The Morgan fingerprint density at radius 3 is 2.28 bits per heavy atom. The number of carbonyl (C=O) groups is 1. The molecule has 1 heterocycles. The van der Waals surface area contributed by atoms with Crippen LogP contribution >= 0.6 is 0 Å². The molecule has 5 heteroatoms. The highest BCUT2D eigenvalue weighted by Gasteiger charge is 2.20. The first-order chi connectivity index (χ1) is 12.2. The molecule has 0 bridgehead atoms. The van der Waals surface area contributed by atoms with Crippen LogP contribution < -0.4 is 10.3 Å². The maximum absolute atomic E-state index is 12.0. The first-order valence-corrected chi connectivity index (χ1v) is 8.68. The quantitative estimate of drug-likeness (QED) is 0.714. The molecule has 25 heavy (non-hydrogen) atoms. The summed E-state index contributed by atoms with van der Waals surface area (Å²) in [5.41, 5.74) is 5.41. The molecule has 1 saturated heterocycles. The Hall–Kier alpha value is -2.50. The van der Waals surface area contributed by atoms with E-state index in [1.165, 1.54) is 10.5 Å². The Kier molecular flexibility index (Phi) is 5.93. The minimum absolute atomic E-state index is 0.488. The molecule has 1 amide bonds. The summed E-state index contributed by atoms with van der Waals surface area (Å²) >= 11 is 0. The average molecular weight is 338 g/mol. The fourth-order valence-corrected chi connectivity index (χ4v) is 3.05. The molecule has 3 N–H and O–H groups in total. The van der Waals surface area contributed by atoms with Crippen molar-refractivity contribution in [2.45, 2.75) is 25.5 Å². The highest BCUT2D eigenvalue weighted by Crippen LogP contribution is 2.11. The average Bonchev–Trinajstić information content (AvgIpc) is 2.68. The molecule has 2 aromatic carbocycles. The number of hydrazone groups is 1. The molecule has 5 nitrogen and oxygen atoms in total. The second-order valence-electron chi connectivity index (χ2n) is 6.38. The Balaban J connectivity index is 1.47. The summed E-state index contributed by atoms with van der Waals surface area (Å²) in [5, 5.41) is 14.3. The van der Waals surface area contributed by atoms with E-state index in [0.717, 1.165) is 38.2 Å². The van der Waals surface area contributed by atoms with Gasteiger partial charge in [0, 0.05) is 24.1 Å². The number of rotatable bonds is 5. The number of hydrogen-bond donors (Lipinski definition) is 3. The van der Waals surface area contributed by atoms with Gasteiger partial charge in [0.15, 0.2) is 6.10 Å². The molecule has 0 spiro atoms. The number of quaternary nitrogens is 1. The van der Waals surface area contributed by atoms with Gasteiger partial charge in [-0.05, 0) is 5.56 Å². The van der Waals surface area contributed by atoms with E-state index in [2.05, 4.69) is 34.8 Å². The second kappa shape index (κ2) is 8.55. The minimum Gasteiger partial charge on any atom is -0.378 e. The van der Waals surface area contributed by atoms with Crippen LogP contribution in [0, 0.1) is 0 Å². The van der Waals surface area contributed by atoms with Crippen LogP contribution in [0.1, 0.15) is 30.1 Å². The van der Waals surface area contributed by atoms with Crippen molar-refractivity contribution in [1.29, 1.82) is 0 Å². The summed E-state index contributed by atoms with van der Waals surface area (Å²) in [6, 6.07) is 19.4. The van der Waals surface area contributed by atoms with Crippen molar-refractivity contribution < 1.29 is 14.8 Å². The van der Waals surface area contributed by atoms with E-state index in [4.69, 9.17) is 0 Å². The molecule has 0 unspecified atom stereocenters. The highest BCUT2D eigenvalue weighted by molar-refractivity contribution is 5.88. The van der Waals surface area contributed by atoms with Crippen LogP contribution in [-0.2, 0) is 11.3 Å². The number of amides is 1. The van der Waals surface area contributed by atoms with Crippen LogP contribution in [-0.4, -0.2) is 29.8 Å². The summed E-state index contributed by atoms with van der Waals surface area (Å²) in [4.78, 5) is 13.5. The maximum atomic E-state index is 12.0. The lowest BCUT2D eigenvalue weighted by Crippen LogP contribution is -3.11. The van der Waals surface area contributed by atoms with Crippen LogP contribution in [0.3, 0.4) is 0 Å². The molecule has 1 aliphatic heterocycles. The standard InChI is InChI=1S/C20H23N3O2/c24-19(17-9-5-2-6-10-17)20(25)22-21-18-11-13-23(14-12-18)15-16-7-3-1-4-8-16/h1-10,19,24H,11-15H2,(H,22,25)/p+1/t19-/m1/s1. The first kappa shape index (κ1) is 17.3. The Morgan fingerprint density at radius 1 is 1.04 bits per heavy atom. The molecule has 130 valence electrons. The third kappa shape index (κ3) is 4.98. The van der Waals surface area contributed by atoms with E-state index >= 15 is 0 Å². The monoisotopic (exact) mass is 338 g/mol. The van der Waals surface area contributed by atoms with Crippen LogP contribution in [0.4, 0.5) is 0 Å². The van der Waals surface area contributed by atoms with Crippen molar-refractivity contribution >= 4 is 11.6 Å². The summed E-state index contributed by atoms with van der Waals surface area (Å²) in [5.74, 6) is -0.488. The number of aliphatic hydroxyl groups is 1. The number of carbonyl (C=O) groups excluding carboxylic acids is 1. The van der Waals surface area contributed by atoms with Crippen LogP contribution in [0.25, 0.3) is 0 Å². The molecule has 0 saturated carbocycles. The number of nitrogens with one attached hydrogen (secondary N) is 2. The van der Waals surface area contributed by atoms with Crippen molar-refractivity contribution in [2.24, 2.45) is 5.10 Å². The fraction of sp³-hybridized carbons (Fsp3) is 0.300. The largest absolute Gasteiger partial charge is 0.378 e. The lowest BCUT2D eigenvalue weighted by Gasteiger charge is -2.24. The first-order valence-electron chi connectivity index (χ1n) is 8.68. The zero-order valence-corrected chi connectivity index (χ0v) is 14.2. The molecule has 0 radical (unpaired) electrons. The zero-order chi connectivity index (χ0) is 17.5. The van der Waals surface area contributed by atoms with Crippen molar-refractivity contribution in [1.82, 2.24) is 5.43 Å². The molecule has 3 rings (SSSR count). The third-order valence-corrected chi connectivity index (χ3v) is 4.52. The molecule has 0 aliphatic carbocycles. The van der Waals surface area contributed by atoms with Gasteiger partial charge < -0.3 is 10.0 Å². The summed E-state index contributed by atoms with van der Waals surface area (Å²) in [7, 11) is 0. The zero-order valence-electron chi connectivity index (χ0n) is 14.2. The predicted molar refractivity (Wildman–Crippen MR) is 97.1 cm³/mol. The topological polar surface area (TPSA) is 66.1 Å². The highest BCUT2D eigenvalue weighted by atomic mass is 16.3. The minimum atomic E-state index is -1.19. The van der Waals surface area contributed by atoms with Crippen molar-refractivity contribution in [3.63, 3.8) is 0 Å². The Labute approximate surface area is 148 Å². The van der Waals surface area contributed by atoms with Crippen LogP contribution in [0.15, 0.2) is 65.8 Å². The van der Waals surface area contributed by atoms with E-state index in [-0.39, 0.29) is 0 Å². The van der Waals surface area contributed by atoms with Gasteiger partial charge in [0.2, 0.25) is 0 Å². The number of hydrogen-bond acceptors (Lipinski definition) is 3. The van der Waals surface area contributed by atoms with Gasteiger partial charge in [0.1, 0.15) is 6.54 Å². The lowest BCUT2D eigenvalue weighted by atomic mass is 10.1. The normalized spacial score (nSPS) is 18.4. The van der Waals surface area contributed by atoms with Gasteiger partial charge in [0.05, 0.1) is 13.1 Å². The molecule has 0 aromatic heterocycles. The molecular weight excluding hydrogens is 314 g/mol. The Bertz CT molecular complexity index is 706. The number of nitrogens with zero attached hydrogens (tertiary/aromatic N) is 1. The van der Waals surface area contributed by atoms with Gasteiger partial charge in [-0.15, -0.1) is 0 Å². The van der Waals surface area contributed by atoms with Gasteiger partial charge in [-0.3, -0.25) is 4.79 Å². The van der Waals surface area contributed by atoms with E-state index in [1.807, 2.05) is 12.1 Å². The van der Waals surface area contributed by atoms with E-state index < -0.39 is 12.0 Å². The predicted octanol–water partition coefficient (Wildman–Crippen LogP) is 1.07. The fourth-order valence-electron chi connectivity index (χ4n) is 3.05. The van der Waals surface area contributed by atoms with Gasteiger partial charge in [0.25, 0.3) is 5.91 Å². The van der Waals surface area contributed by atoms with Gasteiger partial charge in [-0.1, -0.05) is 60.7 Å². The van der Waals surface area contributed by atoms with E-state index in [0.29, 0.717) is 5.56 Å². The van der Waals surface area contributed by atoms with E-state index in [1.54, 1.807) is 24.3 Å². The molecule has 1 fully saturated rings. The summed E-state index contributed by atoms with van der Waals surface area (Å²) in [6.45, 7) is 3.03. The van der Waals surface area contributed by atoms with Gasteiger partial charge in [-0.25, -0.2) is 5.43 Å². The smallest absolute Gasteiger partial charge is 0.273 e. The second-order valence-corrected chi connectivity index (χ2v) is 6.38. The molecule has 2 aromatic rings. The van der Waals surface area contributed by atoms with Crippen molar-refractivity contribution in [3.8, 4) is 0 Å². The molecular formula is C20H24N3O2+. The number of likely N-dealkylation sites (tertiary alicyclic amines) is 1. The number of aliphatic hydroxyl groups excluding tert-OH is 1.